The fourth-order valence-electron chi connectivity index (χ4n) is 1.91. The number of nitrogens with zero attached hydrogens (tertiary/aromatic N) is 2. The van der Waals surface area contributed by atoms with Crippen LogP contribution < -0.4 is 5.32 Å². The van der Waals surface area contributed by atoms with Crippen molar-refractivity contribution in [2.45, 2.75) is 6.54 Å². The van der Waals surface area contributed by atoms with Crippen LogP contribution >= 0.6 is 0 Å². The summed E-state index contributed by atoms with van der Waals surface area (Å²) < 4.78 is 18.0. The number of hydrogen-bond acceptors (Lipinski definition) is 4. The minimum absolute atomic E-state index is 0.170. The molecule has 0 radical (unpaired) electrons. The third kappa shape index (κ3) is 3.17. The molecule has 1 N–H and O–H groups in total. The van der Waals surface area contributed by atoms with Gasteiger partial charge < -0.3 is 9.84 Å². The fourth-order valence-corrected chi connectivity index (χ4v) is 1.91. The van der Waals surface area contributed by atoms with E-state index in [0.29, 0.717) is 17.9 Å². The molecule has 110 valence electrons. The van der Waals surface area contributed by atoms with Crippen molar-refractivity contribution in [1.82, 2.24) is 15.5 Å². The molecule has 3 aromatic rings. The van der Waals surface area contributed by atoms with E-state index in [1.165, 1.54) is 18.2 Å². The molecule has 0 spiro atoms. The quantitative estimate of drug-likeness (QED) is 0.804. The first-order valence-electron chi connectivity index (χ1n) is 6.62. The van der Waals surface area contributed by atoms with Crippen molar-refractivity contribution in [1.29, 1.82) is 0 Å². The number of halogens is 1. The highest BCUT2D eigenvalue weighted by Gasteiger charge is 2.13. The molecule has 2 heterocycles. The van der Waals surface area contributed by atoms with Crippen LogP contribution in [-0.2, 0) is 6.54 Å². The lowest BCUT2D eigenvalue weighted by molar-refractivity contribution is 0.0942. The molecule has 0 bridgehead atoms. The molecule has 0 saturated heterocycles. The van der Waals surface area contributed by atoms with Gasteiger partial charge in [0.15, 0.2) is 11.5 Å². The van der Waals surface area contributed by atoms with E-state index in [1.54, 1.807) is 30.6 Å². The molecule has 2 aromatic heterocycles. The van der Waals surface area contributed by atoms with E-state index >= 15 is 0 Å². The van der Waals surface area contributed by atoms with Crippen molar-refractivity contribution < 1.29 is 13.7 Å². The molecule has 0 atom stereocenters. The molecular formula is C16H12FN3O2. The van der Waals surface area contributed by atoms with Gasteiger partial charge in [-0.2, -0.15) is 0 Å². The van der Waals surface area contributed by atoms with Gasteiger partial charge in [-0.05, 0) is 35.9 Å². The van der Waals surface area contributed by atoms with Crippen LogP contribution in [0.2, 0.25) is 0 Å². The van der Waals surface area contributed by atoms with Crippen LogP contribution in [0.1, 0.15) is 16.1 Å². The van der Waals surface area contributed by atoms with Crippen LogP contribution in [0.4, 0.5) is 4.39 Å². The number of nitrogens with one attached hydrogen (secondary N) is 1. The minimum Gasteiger partial charge on any atom is -0.355 e. The van der Waals surface area contributed by atoms with Gasteiger partial charge in [-0.3, -0.25) is 9.78 Å². The predicted molar refractivity (Wildman–Crippen MR) is 77.3 cm³/mol. The molecule has 22 heavy (non-hydrogen) atoms. The lowest BCUT2D eigenvalue weighted by Crippen LogP contribution is -2.23. The Hall–Kier alpha value is -3.02. The maximum absolute atomic E-state index is 12.9. The second-order valence-corrected chi connectivity index (χ2v) is 4.63. The Morgan fingerprint density at radius 2 is 2.05 bits per heavy atom. The summed E-state index contributed by atoms with van der Waals surface area (Å²) in [6, 6.07) is 10.9. The monoisotopic (exact) mass is 297 g/mol. The van der Waals surface area contributed by atoms with Crippen molar-refractivity contribution >= 4 is 5.91 Å². The third-order valence-electron chi connectivity index (χ3n) is 3.05. The first kappa shape index (κ1) is 13.9. The molecule has 0 aliphatic heterocycles. The van der Waals surface area contributed by atoms with Gasteiger partial charge in [0.25, 0.3) is 5.91 Å². The molecule has 0 fully saturated rings. The summed E-state index contributed by atoms with van der Waals surface area (Å²) in [6.07, 6.45) is 3.34. The average Bonchev–Trinajstić information content (AvgIpc) is 3.04. The zero-order valence-electron chi connectivity index (χ0n) is 11.5. The summed E-state index contributed by atoms with van der Waals surface area (Å²) in [6.45, 7) is 0.353. The van der Waals surface area contributed by atoms with Gasteiger partial charge in [0.05, 0.1) is 0 Å². The molecule has 0 aliphatic rings. The SMILES string of the molecule is O=C(NCc1cccnc1)c1cc(-c2ccc(F)cc2)on1. The number of aromatic nitrogens is 2. The number of hydrogen-bond donors (Lipinski definition) is 1. The first-order chi connectivity index (χ1) is 10.7. The highest BCUT2D eigenvalue weighted by atomic mass is 19.1. The molecule has 1 amide bonds. The smallest absolute Gasteiger partial charge is 0.273 e. The molecule has 0 unspecified atom stereocenters. The maximum atomic E-state index is 12.9. The van der Waals surface area contributed by atoms with Gasteiger partial charge in [0, 0.05) is 30.6 Å². The molecule has 0 aliphatic carbocycles. The second-order valence-electron chi connectivity index (χ2n) is 4.63. The average molecular weight is 297 g/mol. The standard InChI is InChI=1S/C16H12FN3O2/c17-13-5-3-12(4-6-13)15-8-14(20-22-15)16(21)19-10-11-2-1-7-18-9-11/h1-9H,10H2,(H,19,21). The van der Waals surface area contributed by atoms with Crippen LogP contribution in [-0.4, -0.2) is 16.0 Å². The summed E-state index contributed by atoms with van der Waals surface area (Å²) in [7, 11) is 0. The van der Waals surface area contributed by atoms with E-state index in [4.69, 9.17) is 4.52 Å². The van der Waals surface area contributed by atoms with Crippen molar-refractivity contribution in [2.24, 2.45) is 0 Å². The van der Waals surface area contributed by atoms with E-state index in [0.717, 1.165) is 5.56 Å². The summed E-state index contributed by atoms with van der Waals surface area (Å²) >= 11 is 0. The number of rotatable bonds is 4. The van der Waals surface area contributed by atoms with Gasteiger partial charge in [-0.25, -0.2) is 4.39 Å². The highest BCUT2D eigenvalue weighted by Crippen LogP contribution is 2.20. The van der Waals surface area contributed by atoms with Crippen LogP contribution in [0.25, 0.3) is 11.3 Å². The van der Waals surface area contributed by atoms with Crippen molar-refractivity contribution in [2.75, 3.05) is 0 Å². The van der Waals surface area contributed by atoms with Gasteiger partial charge in [0.1, 0.15) is 5.82 Å². The maximum Gasteiger partial charge on any atom is 0.273 e. The van der Waals surface area contributed by atoms with Crippen LogP contribution in [0, 0.1) is 5.82 Å². The summed E-state index contributed by atoms with van der Waals surface area (Å²) in [5.41, 5.74) is 1.71. The molecule has 5 nitrogen and oxygen atoms in total. The minimum atomic E-state index is -0.346. The largest absolute Gasteiger partial charge is 0.355 e. The van der Waals surface area contributed by atoms with E-state index < -0.39 is 0 Å². The number of benzene rings is 1. The van der Waals surface area contributed by atoms with Crippen LogP contribution in [0.3, 0.4) is 0 Å². The Morgan fingerprint density at radius 1 is 1.23 bits per heavy atom. The van der Waals surface area contributed by atoms with Crippen molar-refractivity contribution in [3.63, 3.8) is 0 Å². The number of pyridine rings is 1. The topological polar surface area (TPSA) is 68.0 Å². The predicted octanol–water partition coefficient (Wildman–Crippen LogP) is 2.81. The molecule has 0 saturated carbocycles. The Kier molecular flexibility index (Phi) is 3.91. The molecule has 1 aromatic carbocycles. The lowest BCUT2D eigenvalue weighted by Gasteiger charge is -2.01. The van der Waals surface area contributed by atoms with Crippen molar-refractivity contribution in [3.8, 4) is 11.3 Å². The fraction of sp³-hybridized carbons (Fsp3) is 0.0625. The summed E-state index contributed by atoms with van der Waals surface area (Å²) in [5.74, 6) is -0.273. The van der Waals surface area contributed by atoms with Gasteiger partial charge >= 0.3 is 0 Å². The zero-order valence-corrected chi connectivity index (χ0v) is 11.5. The van der Waals surface area contributed by atoms with Gasteiger partial charge in [0.2, 0.25) is 0 Å². The Bertz CT molecular complexity index is 770. The first-order valence-corrected chi connectivity index (χ1v) is 6.62. The van der Waals surface area contributed by atoms with E-state index in [-0.39, 0.29) is 17.4 Å². The number of carbonyl (C=O) groups excluding carboxylic acids is 1. The highest BCUT2D eigenvalue weighted by molar-refractivity contribution is 5.93. The Balaban J connectivity index is 1.68. The third-order valence-corrected chi connectivity index (χ3v) is 3.05. The number of amides is 1. The summed E-state index contributed by atoms with van der Waals surface area (Å²) in [4.78, 5) is 16.0. The van der Waals surface area contributed by atoms with Crippen LogP contribution in [0.15, 0.2) is 59.4 Å². The normalized spacial score (nSPS) is 10.4. The van der Waals surface area contributed by atoms with Crippen LogP contribution in [0.5, 0.6) is 0 Å². The Labute approximate surface area is 125 Å². The van der Waals surface area contributed by atoms with Crippen molar-refractivity contribution in [3.05, 3.63) is 71.9 Å². The van der Waals surface area contributed by atoms with Gasteiger partial charge in [-0.15, -0.1) is 0 Å². The van der Waals surface area contributed by atoms with Gasteiger partial charge in [-0.1, -0.05) is 11.2 Å². The molecule has 6 heteroatoms. The second kappa shape index (κ2) is 6.17. The molecular weight excluding hydrogens is 285 g/mol. The molecule has 3 rings (SSSR count). The van der Waals surface area contributed by atoms with E-state index in [9.17, 15) is 9.18 Å². The van der Waals surface area contributed by atoms with E-state index in [2.05, 4.69) is 15.5 Å². The summed E-state index contributed by atoms with van der Waals surface area (Å²) in [5, 5.41) is 6.46. The zero-order chi connectivity index (χ0) is 15.4. The lowest BCUT2D eigenvalue weighted by atomic mass is 10.1. The van der Waals surface area contributed by atoms with E-state index in [1.807, 2.05) is 6.07 Å². The number of carbonyl (C=O) groups is 1. The Morgan fingerprint density at radius 3 is 2.77 bits per heavy atom.